The van der Waals surface area contributed by atoms with Gasteiger partial charge in [-0.05, 0) is 30.7 Å². The maximum absolute atomic E-state index is 5.82. The lowest BCUT2D eigenvalue weighted by Crippen LogP contribution is -1.98. The number of nitrogens with two attached hydrogens (primary N) is 1. The van der Waals surface area contributed by atoms with E-state index in [9.17, 15) is 0 Å². The van der Waals surface area contributed by atoms with E-state index < -0.39 is 0 Å². The average molecular weight is 248 g/mol. The van der Waals surface area contributed by atoms with Crippen LogP contribution in [-0.4, -0.2) is 0 Å². The molecule has 88 valence electrons. The maximum Gasteiger partial charge on any atom is 0.142 e. The minimum Gasteiger partial charge on any atom is -0.487 e. The van der Waals surface area contributed by atoms with Crippen LogP contribution < -0.4 is 10.5 Å². The fourth-order valence-electron chi connectivity index (χ4n) is 1.50. The Morgan fingerprint density at radius 1 is 1.12 bits per heavy atom. The van der Waals surface area contributed by atoms with Gasteiger partial charge in [0.05, 0.1) is 5.69 Å². The third kappa shape index (κ3) is 3.14. The summed E-state index contributed by atoms with van der Waals surface area (Å²) in [5.41, 5.74) is 8.71. The van der Waals surface area contributed by atoms with E-state index in [0.717, 1.165) is 5.56 Å². The zero-order valence-corrected chi connectivity index (χ0v) is 10.4. The third-order valence-corrected chi connectivity index (χ3v) is 2.72. The van der Waals surface area contributed by atoms with Crippen molar-refractivity contribution >= 4 is 17.3 Å². The second-order valence-corrected chi connectivity index (χ2v) is 4.39. The van der Waals surface area contributed by atoms with E-state index in [4.69, 9.17) is 22.1 Å². The lowest BCUT2D eigenvalue weighted by Gasteiger charge is -2.09. The molecule has 0 atom stereocenters. The second-order valence-electron chi connectivity index (χ2n) is 3.96. The van der Waals surface area contributed by atoms with Crippen molar-refractivity contribution in [1.82, 2.24) is 0 Å². The van der Waals surface area contributed by atoms with E-state index in [-0.39, 0.29) is 0 Å². The van der Waals surface area contributed by atoms with Crippen LogP contribution in [0.4, 0.5) is 5.69 Å². The second kappa shape index (κ2) is 5.11. The zero-order chi connectivity index (χ0) is 12.3. The highest BCUT2D eigenvalue weighted by molar-refractivity contribution is 6.30. The van der Waals surface area contributed by atoms with Gasteiger partial charge in [0.1, 0.15) is 12.4 Å². The number of halogens is 1. The van der Waals surface area contributed by atoms with Gasteiger partial charge in [0.2, 0.25) is 0 Å². The first kappa shape index (κ1) is 11.8. The third-order valence-electron chi connectivity index (χ3n) is 2.49. The molecule has 0 bridgehead atoms. The molecular formula is C14H14ClNO. The van der Waals surface area contributed by atoms with Crippen LogP contribution in [0, 0.1) is 6.92 Å². The zero-order valence-electron chi connectivity index (χ0n) is 9.61. The SMILES string of the molecule is Cc1ccc(COc2ccc(Cl)cc2N)cc1. The summed E-state index contributed by atoms with van der Waals surface area (Å²) in [5.74, 6) is 0.662. The number of aryl methyl sites for hydroxylation is 1. The highest BCUT2D eigenvalue weighted by atomic mass is 35.5. The van der Waals surface area contributed by atoms with E-state index in [1.807, 2.05) is 12.1 Å². The smallest absolute Gasteiger partial charge is 0.142 e. The first-order valence-electron chi connectivity index (χ1n) is 5.38. The molecule has 0 aliphatic heterocycles. The molecule has 2 nitrogen and oxygen atoms in total. The monoisotopic (exact) mass is 247 g/mol. The number of benzene rings is 2. The molecule has 0 unspecified atom stereocenters. The van der Waals surface area contributed by atoms with E-state index in [1.54, 1.807) is 18.2 Å². The molecule has 0 aromatic heterocycles. The molecule has 0 spiro atoms. The Balaban J connectivity index is 2.04. The number of hydrogen-bond donors (Lipinski definition) is 1. The lowest BCUT2D eigenvalue weighted by atomic mass is 10.2. The number of anilines is 1. The van der Waals surface area contributed by atoms with Crippen LogP contribution >= 0.6 is 11.6 Å². The van der Waals surface area contributed by atoms with Crippen molar-refractivity contribution in [1.29, 1.82) is 0 Å². The van der Waals surface area contributed by atoms with E-state index in [1.165, 1.54) is 5.56 Å². The molecule has 0 fully saturated rings. The fraction of sp³-hybridized carbons (Fsp3) is 0.143. The number of hydrogen-bond acceptors (Lipinski definition) is 2. The summed E-state index contributed by atoms with van der Waals surface area (Å²) in [7, 11) is 0. The predicted molar refractivity (Wildman–Crippen MR) is 71.4 cm³/mol. The Morgan fingerprint density at radius 2 is 1.82 bits per heavy atom. The Morgan fingerprint density at radius 3 is 2.47 bits per heavy atom. The quantitative estimate of drug-likeness (QED) is 0.837. The van der Waals surface area contributed by atoms with Crippen LogP contribution in [-0.2, 0) is 6.61 Å². The van der Waals surface area contributed by atoms with Gasteiger partial charge in [-0.1, -0.05) is 41.4 Å². The molecule has 3 heteroatoms. The van der Waals surface area contributed by atoms with E-state index in [0.29, 0.717) is 23.1 Å². The normalized spacial score (nSPS) is 10.2. The molecule has 0 heterocycles. The number of nitrogen functional groups attached to an aromatic ring is 1. The first-order chi connectivity index (χ1) is 8.15. The van der Waals surface area contributed by atoms with Gasteiger partial charge in [-0.25, -0.2) is 0 Å². The van der Waals surface area contributed by atoms with Crippen molar-refractivity contribution in [3.8, 4) is 5.75 Å². The van der Waals surface area contributed by atoms with Crippen molar-refractivity contribution in [2.24, 2.45) is 0 Å². The number of ether oxygens (including phenoxy) is 1. The molecular weight excluding hydrogens is 234 g/mol. The minimum atomic E-state index is 0.506. The van der Waals surface area contributed by atoms with Crippen LogP contribution in [0.3, 0.4) is 0 Å². The molecule has 0 saturated carbocycles. The summed E-state index contributed by atoms with van der Waals surface area (Å²) in [6.45, 7) is 2.56. The Hall–Kier alpha value is -1.67. The van der Waals surface area contributed by atoms with Crippen LogP contribution in [0.15, 0.2) is 42.5 Å². The summed E-state index contributed by atoms with van der Waals surface area (Å²) in [4.78, 5) is 0. The van der Waals surface area contributed by atoms with Crippen LogP contribution in [0.25, 0.3) is 0 Å². The molecule has 2 N–H and O–H groups in total. The van der Waals surface area contributed by atoms with Crippen LogP contribution in [0.2, 0.25) is 5.02 Å². The van der Waals surface area contributed by atoms with Crippen LogP contribution in [0.1, 0.15) is 11.1 Å². The Bertz CT molecular complexity index is 508. The Labute approximate surface area is 106 Å². The summed E-state index contributed by atoms with van der Waals surface area (Å²) in [6.07, 6.45) is 0. The Kier molecular flexibility index (Phi) is 3.55. The van der Waals surface area contributed by atoms with Crippen molar-refractivity contribution < 1.29 is 4.74 Å². The minimum absolute atomic E-state index is 0.506. The average Bonchev–Trinajstić information content (AvgIpc) is 2.30. The lowest BCUT2D eigenvalue weighted by molar-refractivity contribution is 0.308. The van der Waals surface area contributed by atoms with Gasteiger partial charge >= 0.3 is 0 Å². The summed E-state index contributed by atoms with van der Waals surface area (Å²) < 4.78 is 5.63. The molecule has 2 rings (SSSR count). The van der Waals surface area contributed by atoms with Gasteiger partial charge in [-0.15, -0.1) is 0 Å². The molecule has 0 radical (unpaired) electrons. The first-order valence-corrected chi connectivity index (χ1v) is 5.76. The van der Waals surface area contributed by atoms with Crippen molar-refractivity contribution in [3.63, 3.8) is 0 Å². The van der Waals surface area contributed by atoms with Gasteiger partial charge in [0.15, 0.2) is 0 Å². The predicted octanol–water partition coefficient (Wildman–Crippen LogP) is 3.81. The van der Waals surface area contributed by atoms with Crippen LogP contribution in [0.5, 0.6) is 5.75 Å². The summed E-state index contributed by atoms with van der Waals surface area (Å²) in [5, 5.41) is 0.616. The molecule has 2 aromatic rings. The van der Waals surface area contributed by atoms with Gasteiger partial charge in [-0.3, -0.25) is 0 Å². The number of rotatable bonds is 3. The van der Waals surface area contributed by atoms with Crippen molar-refractivity contribution in [3.05, 3.63) is 58.6 Å². The maximum atomic E-state index is 5.82. The van der Waals surface area contributed by atoms with Gasteiger partial charge < -0.3 is 10.5 Å². The highest BCUT2D eigenvalue weighted by Gasteiger charge is 2.01. The highest BCUT2D eigenvalue weighted by Crippen LogP contribution is 2.25. The molecule has 0 aliphatic rings. The largest absolute Gasteiger partial charge is 0.487 e. The van der Waals surface area contributed by atoms with E-state index in [2.05, 4.69) is 19.1 Å². The summed E-state index contributed by atoms with van der Waals surface area (Å²) >= 11 is 5.82. The van der Waals surface area contributed by atoms with E-state index >= 15 is 0 Å². The molecule has 0 aliphatic carbocycles. The van der Waals surface area contributed by atoms with Crippen molar-refractivity contribution in [2.45, 2.75) is 13.5 Å². The van der Waals surface area contributed by atoms with Gasteiger partial charge in [-0.2, -0.15) is 0 Å². The van der Waals surface area contributed by atoms with Gasteiger partial charge in [0, 0.05) is 5.02 Å². The molecule has 2 aromatic carbocycles. The molecule has 0 amide bonds. The topological polar surface area (TPSA) is 35.2 Å². The van der Waals surface area contributed by atoms with Gasteiger partial charge in [0.25, 0.3) is 0 Å². The van der Waals surface area contributed by atoms with Crippen molar-refractivity contribution in [2.75, 3.05) is 5.73 Å². The summed E-state index contributed by atoms with van der Waals surface area (Å²) in [6, 6.07) is 13.4. The standard InChI is InChI=1S/C14H14ClNO/c1-10-2-4-11(5-3-10)9-17-14-7-6-12(15)8-13(14)16/h2-8H,9,16H2,1H3. The molecule has 17 heavy (non-hydrogen) atoms. The molecule has 0 saturated heterocycles. The fourth-order valence-corrected chi connectivity index (χ4v) is 1.68.